The van der Waals surface area contributed by atoms with Crippen molar-refractivity contribution in [3.63, 3.8) is 0 Å². The number of nitrogens with zero attached hydrogens (tertiary/aromatic N) is 3. The molecule has 0 saturated carbocycles. The molecule has 0 amide bonds. The lowest BCUT2D eigenvalue weighted by atomic mass is 10.1. The van der Waals surface area contributed by atoms with Gasteiger partial charge in [-0.05, 0) is 59.9 Å². The smallest absolute Gasteiger partial charge is 0.222 e. The molecule has 2 atom stereocenters. The van der Waals surface area contributed by atoms with Crippen LogP contribution in [-0.4, -0.2) is 41.7 Å². The lowest BCUT2D eigenvalue weighted by Gasteiger charge is -2.10. The minimum absolute atomic E-state index is 0.0468. The molecule has 0 aliphatic carbocycles. The third-order valence-corrected chi connectivity index (χ3v) is 8.56. The molecular formula is C40H33N3O2. The summed E-state index contributed by atoms with van der Waals surface area (Å²) in [5, 5.41) is 2.50. The van der Waals surface area contributed by atoms with E-state index in [0.29, 0.717) is 25.0 Å². The van der Waals surface area contributed by atoms with Gasteiger partial charge in [0.2, 0.25) is 11.8 Å². The van der Waals surface area contributed by atoms with Crippen LogP contribution in [0.15, 0.2) is 149 Å². The highest BCUT2D eigenvalue weighted by Gasteiger charge is 2.30. The van der Waals surface area contributed by atoms with Crippen LogP contribution >= 0.6 is 0 Å². The highest BCUT2D eigenvalue weighted by Crippen LogP contribution is 2.32. The van der Waals surface area contributed by atoms with Crippen molar-refractivity contribution in [1.29, 1.82) is 0 Å². The highest BCUT2D eigenvalue weighted by atomic mass is 16.5. The van der Waals surface area contributed by atoms with E-state index in [1.54, 1.807) is 0 Å². The highest BCUT2D eigenvalue weighted by molar-refractivity contribution is 6.22. The summed E-state index contributed by atoms with van der Waals surface area (Å²) in [6.07, 6.45) is 3.76. The molecule has 0 spiro atoms. The normalized spacial score (nSPS) is 17.5. The number of benzene rings is 5. The van der Waals surface area contributed by atoms with E-state index in [-0.39, 0.29) is 12.1 Å². The number of aliphatic imine (C=N–C) groups is 2. The van der Waals surface area contributed by atoms with E-state index in [0.717, 1.165) is 29.7 Å². The van der Waals surface area contributed by atoms with E-state index in [2.05, 4.69) is 132 Å². The van der Waals surface area contributed by atoms with Crippen LogP contribution in [0.3, 0.4) is 0 Å². The molecule has 5 aromatic carbocycles. The quantitative estimate of drug-likeness (QED) is 0.180. The molecule has 0 unspecified atom stereocenters. The topological polar surface area (TPSA) is 48.1 Å². The van der Waals surface area contributed by atoms with Crippen molar-refractivity contribution >= 4 is 39.7 Å². The summed E-state index contributed by atoms with van der Waals surface area (Å²) in [5.74, 6) is 1.20. The fraction of sp³-hybridized carbons (Fsp3) is 0.150. The fourth-order valence-electron chi connectivity index (χ4n) is 6.41. The molecule has 8 rings (SSSR count). The van der Waals surface area contributed by atoms with E-state index in [1.165, 1.54) is 32.9 Å². The predicted octanol–water partition coefficient (Wildman–Crippen LogP) is 8.25. The number of para-hydroxylation sites is 2. The summed E-state index contributed by atoms with van der Waals surface area (Å²) < 4.78 is 14.8. The molecule has 5 heteroatoms. The average Bonchev–Trinajstić information content (AvgIpc) is 3.83. The summed E-state index contributed by atoms with van der Waals surface area (Å²) in [4.78, 5) is 10.0. The first-order valence-corrected chi connectivity index (χ1v) is 15.6. The van der Waals surface area contributed by atoms with Crippen molar-refractivity contribution in [2.45, 2.75) is 24.9 Å². The zero-order valence-corrected chi connectivity index (χ0v) is 24.9. The monoisotopic (exact) mass is 587 g/mol. The van der Waals surface area contributed by atoms with Crippen molar-refractivity contribution < 1.29 is 9.47 Å². The molecule has 220 valence electrons. The van der Waals surface area contributed by atoms with Crippen LogP contribution in [0.5, 0.6) is 0 Å². The largest absolute Gasteiger partial charge is 0.475 e. The van der Waals surface area contributed by atoms with Crippen LogP contribution < -0.4 is 0 Å². The van der Waals surface area contributed by atoms with Crippen LogP contribution in [0.25, 0.3) is 33.6 Å². The maximum Gasteiger partial charge on any atom is 0.222 e. The van der Waals surface area contributed by atoms with Crippen LogP contribution in [-0.2, 0) is 22.3 Å². The van der Waals surface area contributed by atoms with Gasteiger partial charge in [-0.1, -0.05) is 109 Å². The second-order valence-electron chi connectivity index (χ2n) is 11.7. The second-order valence-corrected chi connectivity index (χ2v) is 11.7. The van der Waals surface area contributed by atoms with Crippen molar-refractivity contribution in [2.24, 2.45) is 9.98 Å². The van der Waals surface area contributed by atoms with Gasteiger partial charge in [0.15, 0.2) is 0 Å². The first kappa shape index (κ1) is 27.2. The number of hydrogen-bond acceptors (Lipinski definition) is 4. The standard InChI is InChI=1S/C40H33N3O2/c1-3-11-28(12-4-1)23-31-26-44-39(41-31)36(40-42-32(27-45-40)24-29-13-5-2-6-14-29)25-30-19-21-33(22-20-30)43-37-17-9-7-15-34(37)35-16-8-10-18-38(35)43/h1-22,25,31-32H,23-24,26-27H2/t31-,32-/m0/s1. The first-order chi connectivity index (χ1) is 22.3. The molecule has 0 bridgehead atoms. The molecule has 6 aromatic rings. The van der Waals surface area contributed by atoms with Crippen molar-refractivity contribution in [2.75, 3.05) is 13.2 Å². The Bertz CT molecular complexity index is 1940. The minimum Gasteiger partial charge on any atom is -0.475 e. The second kappa shape index (κ2) is 11.9. The van der Waals surface area contributed by atoms with E-state index in [1.807, 2.05) is 12.1 Å². The van der Waals surface area contributed by atoms with E-state index >= 15 is 0 Å². The molecule has 5 nitrogen and oxygen atoms in total. The number of fused-ring (bicyclic) bond motifs is 3. The third kappa shape index (κ3) is 5.53. The maximum atomic E-state index is 6.23. The van der Waals surface area contributed by atoms with Crippen LogP contribution in [0.2, 0.25) is 0 Å². The van der Waals surface area contributed by atoms with Gasteiger partial charge in [-0.2, -0.15) is 0 Å². The summed E-state index contributed by atoms with van der Waals surface area (Å²) in [6.45, 7) is 1.07. The van der Waals surface area contributed by atoms with Gasteiger partial charge in [-0.15, -0.1) is 0 Å². The number of rotatable bonds is 8. The van der Waals surface area contributed by atoms with Gasteiger partial charge in [0.05, 0.1) is 28.7 Å². The van der Waals surface area contributed by atoms with Crippen molar-refractivity contribution in [3.05, 3.63) is 156 Å². The summed E-state index contributed by atoms with van der Waals surface area (Å²) >= 11 is 0. The summed E-state index contributed by atoms with van der Waals surface area (Å²) in [6, 6.07) is 46.8. The van der Waals surface area contributed by atoms with E-state index in [4.69, 9.17) is 19.5 Å². The Hall–Kier alpha value is -5.42. The molecule has 0 saturated heterocycles. The summed E-state index contributed by atoms with van der Waals surface area (Å²) in [5.41, 5.74) is 7.83. The number of hydrogen-bond donors (Lipinski definition) is 0. The lowest BCUT2D eigenvalue weighted by Crippen LogP contribution is -2.14. The van der Waals surface area contributed by atoms with Crippen molar-refractivity contribution in [3.8, 4) is 5.69 Å². The average molecular weight is 588 g/mol. The lowest BCUT2D eigenvalue weighted by molar-refractivity contribution is 0.307. The van der Waals surface area contributed by atoms with Crippen molar-refractivity contribution in [1.82, 2.24) is 4.57 Å². The number of aromatic nitrogens is 1. The molecule has 0 N–H and O–H groups in total. The Morgan fingerprint density at radius 3 is 1.56 bits per heavy atom. The Labute approximate surface area is 262 Å². The molecular weight excluding hydrogens is 554 g/mol. The molecule has 2 aliphatic rings. The molecule has 0 fully saturated rings. The van der Waals surface area contributed by atoms with E-state index in [9.17, 15) is 0 Å². The van der Waals surface area contributed by atoms with Gasteiger partial charge < -0.3 is 14.0 Å². The molecule has 2 aliphatic heterocycles. The first-order valence-electron chi connectivity index (χ1n) is 15.6. The maximum absolute atomic E-state index is 6.23. The van der Waals surface area contributed by atoms with Gasteiger partial charge >= 0.3 is 0 Å². The van der Waals surface area contributed by atoms with Gasteiger partial charge in [0, 0.05) is 16.5 Å². The zero-order valence-electron chi connectivity index (χ0n) is 24.9. The predicted molar refractivity (Wildman–Crippen MR) is 183 cm³/mol. The Morgan fingerprint density at radius 2 is 1.04 bits per heavy atom. The van der Waals surface area contributed by atoms with Gasteiger partial charge in [0.25, 0.3) is 0 Å². The Morgan fingerprint density at radius 1 is 0.578 bits per heavy atom. The zero-order chi connectivity index (χ0) is 30.0. The molecule has 45 heavy (non-hydrogen) atoms. The molecule has 3 heterocycles. The van der Waals surface area contributed by atoms with Gasteiger partial charge in [0.1, 0.15) is 13.2 Å². The van der Waals surface area contributed by atoms with E-state index < -0.39 is 0 Å². The number of ether oxygens (including phenoxy) is 2. The SMILES string of the molecule is C(=C(C1=N[C@@H](Cc2ccccc2)CO1)C1=N[C@@H](Cc2ccccc2)CO1)c1ccc(-n2c3ccccc3c3ccccc32)cc1. The fourth-order valence-corrected chi connectivity index (χ4v) is 6.41. The summed E-state index contributed by atoms with van der Waals surface area (Å²) in [7, 11) is 0. The van der Waals surface area contributed by atoms with Gasteiger partial charge in [-0.3, -0.25) is 0 Å². The van der Waals surface area contributed by atoms with Gasteiger partial charge in [-0.25, -0.2) is 9.98 Å². The Kier molecular flexibility index (Phi) is 7.20. The van der Waals surface area contributed by atoms with Crippen LogP contribution in [0.4, 0.5) is 0 Å². The third-order valence-electron chi connectivity index (χ3n) is 8.56. The van der Waals surface area contributed by atoms with Crippen LogP contribution in [0.1, 0.15) is 16.7 Å². The molecule has 0 radical (unpaired) electrons. The Balaban J connectivity index is 1.14. The molecule has 1 aromatic heterocycles. The van der Waals surface area contributed by atoms with Crippen LogP contribution in [0, 0.1) is 0 Å². The minimum atomic E-state index is 0.0468.